The van der Waals surface area contributed by atoms with Gasteiger partial charge in [0.2, 0.25) is 23.4 Å². The van der Waals surface area contributed by atoms with Gasteiger partial charge in [0.25, 0.3) is 17.0 Å². The number of nitrogens with two attached hydrogens (primary N) is 2. The van der Waals surface area contributed by atoms with Gasteiger partial charge >= 0.3 is 23.5 Å². The SMILES string of the molecule is C=CN(c1nc(N)[nH]c(=O)c1NC)C1OC(COP(=O)(O)OP(=O)(O)OP(=O)(O)OCc2oc(-n3cnc4c(=O)[nH]c(N)nc43)c(O)c2O)C(O)C1O. The molecule has 53 heavy (non-hydrogen) atoms. The normalized spacial score (nSPS) is 22.2. The molecule has 0 saturated carbocycles. The minimum atomic E-state index is -6.05. The number of nitrogens with zero attached hydrogens (tertiary/aromatic N) is 5. The molecular formula is C22H29N10O18P3. The number of fused-ring (bicyclic) bond motifs is 1. The van der Waals surface area contributed by atoms with Crippen molar-refractivity contribution in [3.63, 3.8) is 0 Å². The van der Waals surface area contributed by atoms with E-state index in [1.54, 1.807) is 0 Å². The highest BCUT2D eigenvalue weighted by Gasteiger charge is 2.48. The third-order valence-electron chi connectivity index (χ3n) is 6.95. The number of hydrogen-bond acceptors (Lipinski definition) is 22. The van der Waals surface area contributed by atoms with E-state index in [9.17, 15) is 58.4 Å². The van der Waals surface area contributed by atoms with E-state index in [0.29, 0.717) is 0 Å². The molecule has 1 saturated heterocycles. The molecule has 7 unspecified atom stereocenters. The lowest BCUT2D eigenvalue weighted by Gasteiger charge is -2.29. The molecule has 1 aliphatic rings. The number of aliphatic hydroxyl groups excluding tert-OH is 2. The first kappa shape index (κ1) is 39.5. The molecule has 5 rings (SSSR count). The maximum Gasteiger partial charge on any atom is 0.490 e. The number of anilines is 4. The van der Waals surface area contributed by atoms with Crippen LogP contribution in [-0.2, 0) is 42.7 Å². The molecule has 0 spiro atoms. The molecule has 290 valence electrons. The van der Waals surface area contributed by atoms with E-state index in [4.69, 9.17) is 20.6 Å². The number of aromatic hydroxyl groups is 2. The number of rotatable bonds is 15. The molecule has 5 heterocycles. The number of furan rings is 1. The Bertz CT molecular complexity index is 2310. The quantitative estimate of drug-likeness (QED) is 0.0599. The highest BCUT2D eigenvalue weighted by molar-refractivity contribution is 7.66. The van der Waals surface area contributed by atoms with Gasteiger partial charge in [-0.15, -0.1) is 0 Å². The Morgan fingerprint density at radius 3 is 2.26 bits per heavy atom. The number of phosphoric acid groups is 3. The van der Waals surface area contributed by atoms with Crippen LogP contribution in [0.25, 0.3) is 17.0 Å². The Morgan fingerprint density at radius 2 is 1.62 bits per heavy atom. The van der Waals surface area contributed by atoms with Gasteiger partial charge in [-0.1, -0.05) is 6.58 Å². The molecule has 7 atom stereocenters. The summed E-state index contributed by atoms with van der Waals surface area (Å²) in [5, 5.41) is 44.3. The van der Waals surface area contributed by atoms with Crippen LogP contribution in [0.15, 0.2) is 33.1 Å². The van der Waals surface area contributed by atoms with Crippen molar-refractivity contribution in [1.29, 1.82) is 0 Å². The van der Waals surface area contributed by atoms with Crippen molar-refractivity contribution in [2.24, 2.45) is 0 Å². The van der Waals surface area contributed by atoms with Crippen LogP contribution in [0.5, 0.6) is 11.5 Å². The minimum absolute atomic E-state index is 0.157. The van der Waals surface area contributed by atoms with Crippen LogP contribution in [0, 0.1) is 0 Å². The second-order valence-electron chi connectivity index (χ2n) is 10.4. The number of aromatic nitrogens is 6. The average molecular weight is 814 g/mol. The van der Waals surface area contributed by atoms with Crippen molar-refractivity contribution in [2.45, 2.75) is 31.1 Å². The van der Waals surface area contributed by atoms with Gasteiger partial charge in [0, 0.05) is 13.2 Å². The summed E-state index contributed by atoms with van der Waals surface area (Å²) in [4.78, 5) is 71.3. The van der Waals surface area contributed by atoms with Crippen LogP contribution in [0.1, 0.15) is 5.76 Å². The number of H-pyrrole nitrogens is 2. The maximum absolute atomic E-state index is 12.5. The number of nitrogen functional groups attached to an aromatic ring is 2. The molecule has 0 radical (unpaired) electrons. The summed E-state index contributed by atoms with van der Waals surface area (Å²) in [5.41, 5.74) is 8.98. The van der Waals surface area contributed by atoms with Crippen LogP contribution in [-0.4, -0.2) is 103 Å². The molecule has 0 aromatic carbocycles. The Kier molecular flexibility index (Phi) is 10.9. The predicted octanol–water partition coefficient (Wildman–Crippen LogP) is -1.63. The molecule has 0 amide bonds. The lowest BCUT2D eigenvalue weighted by atomic mass is 10.1. The summed E-state index contributed by atoms with van der Waals surface area (Å²) in [6.07, 6.45) is -4.92. The highest BCUT2D eigenvalue weighted by Crippen LogP contribution is 2.68. The van der Waals surface area contributed by atoms with Crippen LogP contribution >= 0.6 is 23.5 Å². The molecule has 1 fully saturated rings. The predicted molar refractivity (Wildman–Crippen MR) is 174 cm³/mol. The van der Waals surface area contributed by atoms with Gasteiger partial charge in [-0.05, 0) is 0 Å². The Hall–Kier alpha value is -4.66. The second kappa shape index (κ2) is 14.6. The molecule has 0 bridgehead atoms. The van der Waals surface area contributed by atoms with Gasteiger partial charge in [-0.2, -0.15) is 18.6 Å². The molecule has 4 aromatic rings. The first-order chi connectivity index (χ1) is 24.7. The first-order valence-corrected chi connectivity index (χ1v) is 18.6. The van der Waals surface area contributed by atoms with E-state index in [0.717, 1.165) is 22.0 Å². The zero-order valence-corrected chi connectivity index (χ0v) is 29.1. The largest absolute Gasteiger partial charge is 0.502 e. The standard InChI is InChI=1S/C22H29N10O18P3/c1-3-31(15-9(25-2)17(37)29-21(23)27-15)19-13(35)11(33)7(47-19)4-45-51(39,40)49-53(43,44)50-52(41,42)46-5-8-12(34)14(36)20(48-8)32-6-26-10-16(32)28-22(24)30-18(10)38/h3,6-7,11,13,19,25,33-36H,1,4-5H2,2H3,(H,39,40)(H,41,42)(H,43,44)(H3,23,27,29,37)(H3,24,28,30,38). The van der Waals surface area contributed by atoms with Crippen molar-refractivity contribution in [2.75, 3.05) is 35.3 Å². The number of phosphoric ester groups is 2. The first-order valence-electron chi connectivity index (χ1n) is 14.1. The van der Waals surface area contributed by atoms with E-state index >= 15 is 0 Å². The monoisotopic (exact) mass is 814 g/mol. The number of ether oxygens (including phenoxy) is 1. The van der Waals surface area contributed by atoms with E-state index in [1.165, 1.54) is 7.05 Å². The van der Waals surface area contributed by atoms with E-state index in [2.05, 4.69) is 54.5 Å². The van der Waals surface area contributed by atoms with E-state index < -0.39 is 95.5 Å². The average Bonchev–Trinajstić information content (AvgIpc) is 3.68. The molecule has 31 heteroatoms. The highest BCUT2D eigenvalue weighted by atomic mass is 31.3. The van der Waals surface area contributed by atoms with E-state index in [-0.39, 0.29) is 34.6 Å². The topological polar surface area (TPSA) is 429 Å². The van der Waals surface area contributed by atoms with Crippen molar-refractivity contribution >= 4 is 58.0 Å². The molecule has 1 aliphatic heterocycles. The summed E-state index contributed by atoms with van der Waals surface area (Å²) in [5.74, 6) is -4.39. The number of hydrogen-bond donors (Lipinski definition) is 12. The molecule has 0 aliphatic carbocycles. The summed E-state index contributed by atoms with van der Waals surface area (Å²) in [7, 11) is -16.2. The third-order valence-corrected chi connectivity index (χ3v) is 11.2. The van der Waals surface area contributed by atoms with Gasteiger partial charge < -0.3 is 65.9 Å². The van der Waals surface area contributed by atoms with Crippen LogP contribution in [0.4, 0.5) is 23.4 Å². The maximum atomic E-state index is 12.5. The minimum Gasteiger partial charge on any atom is -0.502 e. The van der Waals surface area contributed by atoms with Gasteiger partial charge in [0.1, 0.15) is 36.9 Å². The fourth-order valence-corrected chi connectivity index (χ4v) is 8.18. The van der Waals surface area contributed by atoms with Crippen molar-refractivity contribution < 1.29 is 75.6 Å². The van der Waals surface area contributed by atoms with Gasteiger partial charge in [-0.3, -0.25) is 28.6 Å². The lowest BCUT2D eigenvalue weighted by molar-refractivity contribution is -0.0199. The third kappa shape index (κ3) is 8.29. The number of imidazole rings is 1. The van der Waals surface area contributed by atoms with Gasteiger partial charge in [0.05, 0.1) is 6.61 Å². The zero-order valence-electron chi connectivity index (χ0n) is 26.4. The summed E-state index contributed by atoms with van der Waals surface area (Å²) < 4.78 is 66.0. The van der Waals surface area contributed by atoms with Gasteiger partial charge in [-0.25, -0.2) is 23.2 Å². The van der Waals surface area contributed by atoms with Crippen molar-refractivity contribution in [1.82, 2.24) is 29.5 Å². The van der Waals surface area contributed by atoms with Crippen LogP contribution < -0.4 is 32.8 Å². The molecular weight excluding hydrogens is 785 g/mol. The van der Waals surface area contributed by atoms with Gasteiger partial charge in [0.15, 0.2) is 29.0 Å². The number of aromatic amines is 2. The Morgan fingerprint density at radius 1 is 1.00 bits per heavy atom. The molecule has 4 aromatic heterocycles. The van der Waals surface area contributed by atoms with Crippen molar-refractivity contribution in [3.05, 3.63) is 45.6 Å². The Balaban J connectivity index is 1.21. The number of nitrogens with one attached hydrogen (secondary N) is 3. The smallest absolute Gasteiger partial charge is 0.490 e. The van der Waals surface area contributed by atoms with Crippen LogP contribution in [0.2, 0.25) is 0 Å². The summed E-state index contributed by atoms with van der Waals surface area (Å²) in [6.45, 7) is 1.15. The fourth-order valence-electron chi connectivity index (χ4n) is 4.71. The second-order valence-corrected chi connectivity index (χ2v) is 15.1. The molecule has 28 nitrogen and oxygen atoms in total. The number of aliphatic hydroxyl groups is 2. The Labute approximate surface area is 292 Å². The molecule has 14 N–H and O–H groups in total. The fraction of sp³-hybridized carbons (Fsp3) is 0.318. The van der Waals surface area contributed by atoms with E-state index in [1.807, 2.05) is 0 Å². The lowest BCUT2D eigenvalue weighted by Crippen LogP contribution is -2.42. The summed E-state index contributed by atoms with van der Waals surface area (Å²) >= 11 is 0. The van der Waals surface area contributed by atoms with Crippen LogP contribution in [0.3, 0.4) is 0 Å². The zero-order chi connectivity index (χ0) is 39.2. The van der Waals surface area contributed by atoms with Crippen molar-refractivity contribution in [3.8, 4) is 17.4 Å². The summed E-state index contributed by atoms with van der Waals surface area (Å²) in [6, 6.07) is 0.